The summed E-state index contributed by atoms with van der Waals surface area (Å²) in [5.74, 6) is 3.34. The Balaban J connectivity index is 1.74. The van der Waals surface area contributed by atoms with Crippen LogP contribution in [0.5, 0.6) is 0 Å². The van der Waals surface area contributed by atoms with E-state index in [1.807, 2.05) is 7.11 Å². The van der Waals surface area contributed by atoms with Gasteiger partial charge in [0.1, 0.15) is 0 Å². The summed E-state index contributed by atoms with van der Waals surface area (Å²) in [6, 6.07) is 0. The Kier molecular flexibility index (Phi) is 8.07. The normalized spacial score (nSPS) is 41.7. The van der Waals surface area contributed by atoms with Crippen molar-refractivity contribution in [3.05, 3.63) is 23.3 Å². The molecule has 0 aliphatic heterocycles. The van der Waals surface area contributed by atoms with Crippen molar-refractivity contribution in [2.45, 2.75) is 98.0 Å². The number of aliphatic hydroxyl groups excluding tert-OH is 1. The second-order valence-corrected chi connectivity index (χ2v) is 10.8. The van der Waals surface area contributed by atoms with Gasteiger partial charge in [-0.15, -0.1) is 0 Å². The van der Waals surface area contributed by atoms with Crippen molar-refractivity contribution in [3.8, 4) is 0 Å². The molecular weight excluding hydrogens is 356 g/mol. The quantitative estimate of drug-likeness (QED) is 0.500. The SMILES string of the molecule is CCCC[C@H](C)C1CCC2/C(=C/C=C3/C[C@@H](CO)[C@@H](C)[C@H](OC)C3)CCC[C@@]21C. The Morgan fingerprint density at radius 3 is 2.72 bits per heavy atom. The van der Waals surface area contributed by atoms with Crippen LogP contribution in [0.3, 0.4) is 0 Å². The first-order valence-electron chi connectivity index (χ1n) is 12.5. The highest BCUT2D eigenvalue weighted by molar-refractivity contribution is 5.26. The largest absolute Gasteiger partial charge is 0.396 e. The van der Waals surface area contributed by atoms with Crippen LogP contribution in [-0.2, 0) is 4.74 Å². The van der Waals surface area contributed by atoms with E-state index in [0.717, 1.165) is 30.6 Å². The molecule has 2 nitrogen and oxygen atoms in total. The molecule has 0 heterocycles. The Hall–Kier alpha value is -0.600. The minimum atomic E-state index is 0.248. The fourth-order valence-electron chi connectivity index (χ4n) is 7.19. The Morgan fingerprint density at radius 2 is 2.03 bits per heavy atom. The lowest BCUT2D eigenvalue weighted by Gasteiger charge is -2.44. The van der Waals surface area contributed by atoms with E-state index >= 15 is 0 Å². The molecule has 0 amide bonds. The van der Waals surface area contributed by atoms with E-state index in [1.165, 1.54) is 56.9 Å². The van der Waals surface area contributed by atoms with Gasteiger partial charge in [0.05, 0.1) is 6.10 Å². The number of allylic oxidation sites excluding steroid dienone is 3. The lowest BCUT2D eigenvalue weighted by atomic mass is 9.60. The van der Waals surface area contributed by atoms with Crippen LogP contribution in [0.15, 0.2) is 23.3 Å². The van der Waals surface area contributed by atoms with Gasteiger partial charge in [0.15, 0.2) is 0 Å². The molecule has 3 saturated carbocycles. The summed E-state index contributed by atoms with van der Waals surface area (Å²) in [5.41, 5.74) is 3.70. The van der Waals surface area contributed by atoms with Crippen molar-refractivity contribution < 1.29 is 9.84 Å². The number of aliphatic hydroxyl groups is 1. The Bertz CT molecular complexity index is 575. The van der Waals surface area contributed by atoms with Crippen LogP contribution in [0, 0.1) is 35.0 Å². The van der Waals surface area contributed by atoms with Gasteiger partial charge in [-0.3, -0.25) is 0 Å². The van der Waals surface area contributed by atoms with Crippen molar-refractivity contribution in [2.75, 3.05) is 13.7 Å². The zero-order chi connectivity index (χ0) is 21.0. The highest BCUT2D eigenvalue weighted by Gasteiger charge is 2.50. The molecule has 7 atom stereocenters. The molecule has 0 spiro atoms. The third-order valence-corrected chi connectivity index (χ3v) is 9.13. The van der Waals surface area contributed by atoms with Gasteiger partial charge < -0.3 is 9.84 Å². The predicted molar refractivity (Wildman–Crippen MR) is 123 cm³/mol. The minimum Gasteiger partial charge on any atom is -0.396 e. The fourth-order valence-corrected chi connectivity index (χ4v) is 7.19. The van der Waals surface area contributed by atoms with Gasteiger partial charge in [0.2, 0.25) is 0 Å². The summed E-state index contributed by atoms with van der Waals surface area (Å²) in [7, 11) is 1.82. The van der Waals surface area contributed by atoms with Crippen LogP contribution < -0.4 is 0 Å². The van der Waals surface area contributed by atoms with Crippen molar-refractivity contribution in [1.29, 1.82) is 0 Å². The van der Waals surface area contributed by atoms with Gasteiger partial charge >= 0.3 is 0 Å². The first-order valence-corrected chi connectivity index (χ1v) is 12.5. The molecule has 0 aromatic rings. The average molecular weight is 403 g/mol. The molecule has 0 aromatic carbocycles. The van der Waals surface area contributed by atoms with Crippen molar-refractivity contribution in [2.24, 2.45) is 35.0 Å². The summed E-state index contributed by atoms with van der Waals surface area (Å²) in [5, 5.41) is 9.81. The van der Waals surface area contributed by atoms with Gasteiger partial charge in [0, 0.05) is 13.7 Å². The summed E-state index contributed by atoms with van der Waals surface area (Å²) >= 11 is 0. The third kappa shape index (κ3) is 4.85. The summed E-state index contributed by atoms with van der Waals surface area (Å²) in [6.45, 7) is 9.96. The van der Waals surface area contributed by atoms with Gasteiger partial charge in [-0.1, -0.05) is 70.3 Å². The second kappa shape index (κ2) is 10.1. The molecule has 29 heavy (non-hydrogen) atoms. The smallest absolute Gasteiger partial charge is 0.0637 e. The molecule has 0 radical (unpaired) electrons. The minimum absolute atomic E-state index is 0.248. The van der Waals surface area contributed by atoms with Crippen molar-refractivity contribution in [1.82, 2.24) is 0 Å². The standard InChI is InChI=1S/C27H46O2/c1-6-7-9-19(2)24-13-14-25-22(10-8-15-27(24,25)4)12-11-21-16-23(18-28)20(3)26(17-21)29-5/h11-12,19-20,23-26,28H,6-10,13-18H2,1-5H3/b21-11-,22-12+/t19-,20+,23-,24?,25?,26+,27+/m0/s1. The van der Waals surface area contributed by atoms with Gasteiger partial charge in [-0.05, 0) is 80.0 Å². The van der Waals surface area contributed by atoms with E-state index in [1.54, 1.807) is 5.57 Å². The molecule has 2 unspecified atom stereocenters. The average Bonchev–Trinajstić information content (AvgIpc) is 3.08. The summed E-state index contributed by atoms with van der Waals surface area (Å²) < 4.78 is 5.74. The molecule has 1 N–H and O–H groups in total. The first-order chi connectivity index (χ1) is 13.9. The van der Waals surface area contributed by atoms with Crippen molar-refractivity contribution in [3.63, 3.8) is 0 Å². The van der Waals surface area contributed by atoms with Crippen LogP contribution in [0.2, 0.25) is 0 Å². The second-order valence-electron chi connectivity index (χ2n) is 10.8. The fraction of sp³-hybridized carbons (Fsp3) is 0.852. The molecule has 0 saturated heterocycles. The number of fused-ring (bicyclic) bond motifs is 1. The molecule has 3 rings (SSSR count). The van der Waals surface area contributed by atoms with E-state index < -0.39 is 0 Å². The van der Waals surface area contributed by atoms with Crippen LogP contribution in [0.4, 0.5) is 0 Å². The lowest BCUT2D eigenvalue weighted by molar-refractivity contribution is 0.00500. The van der Waals surface area contributed by atoms with Crippen molar-refractivity contribution >= 4 is 0 Å². The number of unbranched alkanes of at least 4 members (excludes halogenated alkanes) is 1. The van der Waals surface area contributed by atoms with E-state index in [-0.39, 0.29) is 12.7 Å². The molecular formula is C27H46O2. The number of hydrogen-bond acceptors (Lipinski definition) is 2. The van der Waals surface area contributed by atoms with E-state index in [9.17, 15) is 5.11 Å². The highest BCUT2D eigenvalue weighted by Crippen LogP contribution is 2.59. The zero-order valence-corrected chi connectivity index (χ0v) is 19.8. The molecule has 166 valence electrons. The molecule has 3 aliphatic carbocycles. The predicted octanol–water partition coefficient (Wildman–Crippen LogP) is 6.94. The molecule has 0 aromatic heterocycles. The molecule has 2 heteroatoms. The maximum absolute atomic E-state index is 9.81. The number of ether oxygens (including phenoxy) is 1. The van der Waals surface area contributed by atoms with Crippen LogP contribution in [0.25, 0.3) is 0 Å². The molecule has 3 fully saturated rings. The van der Waals surface area contributed by atoms with E-state index in [4.69, 9.17) is 4.74 Å². The lowest BCUT2D eigenvalue weighted by Crippen LogP contribution is -2.36. The van der Waals surface area contributed by atoms with Crippen LogP contribution in [-0.4, -0.2) is 24.9 Å². The third-order valence-electron chi connectivity index (χ3n) is 9.13. The highest BCUT2D eigenvalue weighted by atomic mass is 16.5. The Labute approximate surface area is 180 Å². The van der Waals surface area contributed by atoms with Gasteiger partial charge in [-0.2, -0.15) is 0 Å². The van der Waals surface area contributed by atoms with Gasteiger partial charge in [-0.25, -0.2) is 0 Å². The topological polar surface area (TPSA) is 29.5 Å². The van der Waals surface area contributed by atoms with E-state index in [0.29, 0.717) is 17.3 Å². The Morgan fingerprint density at radius 1 is 1.24 bits per heavy atom. The summed E-state index contributed by atoms with van der Waals surface area (Å²) in [4.78, 5) is 0. The number of rotatable bonds is 7. The van der Waals surface area contributed by atoms with Crippen LogP contribution in [0.1, 0.15) is 91.9 Å². The maximum Gasteiger partial charge on any atom is 0.0637 e. The molecule has 0 bridgehead atoms. The number of hydrogen-bond donors (Lipinski definition) is 1. The van der Waals surface area contributed by atoms with Gasteiger partial charge in [0.25, 0.3) is 0 Å². The molecule has 3 aliphatic rings. The van der Waals surface area contributed by atoms with E-state index in [2.05, 4.69) is 39.8 Å². The summed E-state index contributed by atoms with van der Waals surface area (Å²) in [6.07, 6.45) is 18.2. The maximum atomic E-state index is 9.81. The first kappa shape index (κ1) is 23.1. The van der Waals surface area contributed by atoms with Crippen LogP contribution >= 0.6 is 0 Å². The number of methoxy groups -OCH3 is 1. The monoisotopic (exact) mass is 402 g/mol. The zero-order valence-electron chi connectivity index (χ0n) is 19.8.